The number of H-pyrrole nitrogens is 1. The Morgan fingerprint density at radius 2 is 2.29 bits per heavy atom. The molecule has 0 saturated carbocycles. The number of fused-ring (bicyclic) bond motifs is 1. The quantitative estimate of drug-likeness (QED) is 0.773. The number of hydrogen-bond acceptors (Lipinski definition) is 2. The fourth-order valence-electron chi connectivity index (χ4n) is 1.78. The number of aromatic nitrogens is 2. The van der Waals surface area contributed by atoms with Crippen LogP contribution in [0.1, 0.15) is 17.7 Å². The molecule has 0 unspecified atom stereocenters. The molecule has 0 spiro atoms. The third kappa shape index (κ3) is 1.51. The summed E-state index contributed by atoms with van der Waals surface area (Å²) in [6, 6.07) is 6.18. The van der Waals surface area contributed by atoms with Crippen molar-refractivity contribution in [1.82, 2.24) is 10.2 Å². The molecule has 3 heteroatoms. The van der Waals surface area contributed by atoms with E-state index >= 15 is 0 Å². The number of nitrogens with zero attached hydrogens (tertiary/aromatic N) is 1. The van der Waals surface area contributed by atoms with Gasteiger partial charge in [-0.05, 0) is 37.9 Å². The minimum Gasteiger partial charge on any atom is -0.330 e. The van der Waals surface area contributed by atoms with E-state index in [0.29, 0.717) is 0 Å². The molecule has 74 valence electrons. The van der Waals surface area contributed by atoms with Gasteiger partial charge in [0.1, 0.15) is 0 Å². The van der Waals surface area contributed by atoms with Crippen LogP contribution in [0.25, 0.3) is 10.9 Å². The summed E-state index contributed by atoms with van der Waals surface area (Å²) in [6.07, 6.45) is 1.99. The average Bonchev–Trinajstić information content (AvgIpc) is 2.59. The lowest BCUT2D eigenvalue weighted by Crippen LogP contribution is -2.00. The van der Waals surface area contributed by atoms with Crippen molar-refractivity contribution in [2.75, 3.05) is 6.54 Å². The van der Waals surface area contributed by atoms with Gasteiger partial charge in [-0.2, -0.15) is 5.10 Å². The minimum absolute atomic E-state index is 0.729. The average molecular weight is 189 g/mol. The van der Waals surface area contributed by atoms with Gasteiger partial charge in [-0.1, -0.05) is 12.1 Å². The van der Waals surface area contributed by atoms with Crippen LogP contribution in [-0.4, -0.2) is 16.7 Å². The van der Waals surface area contributed by atoms with Crippen molar-refractivity contribution in [3.63, 3.8) is 0 Å². The van der Waals surface area contributed by atoms with Gasteiger partial charge < -0.3 is 5.73 Å². The van der Waals surface area contributed by atoms with E-state index in [4.69, 9.17) is 5.73 Å². The molecule has 14 heavy (non-hydrogen) atoms. The van der Waals surface area contributed by atoms with E-state index < -0.39 is 0 Å². The van der Waals surface area contributed by atoms with E-state index in [1.165, 1.54) is 16.6 Å². The third-order valence-electron chi connectivity index (χ3n) is 2.49. The minimum atomic E-state index is 0.729. The van der Waals surface area contributed by atoms with Gasteiger partial charge in [0.2, 0.25) is 0 Å². The summed E-state index contributed by atoms with van der Waals surface area (Å²) < 4.78 is 0. The maximum Gasteiger partial charge on any atom is 0.0926 e. The van der Waals surface area contributed by atoms with Crippen LogP contribution >= 0.6 is 0 Å². The lowest BCUT2D eigenvalue weighted by Gasteiger charge is -1.99. The fourth-order valence-corrected chi connectivity index (χ4v) is 1.78. The van der Waals surface area contributed by atoms with Crippen molar-refractivity contribution >= 4 is 10.9 Å². The molecular formula is C11H15N3. The second kappa shape index (κ2) is 3.80. The summed E-state index contributed by atoms with van der Waals surface area (Å²) in [5.41, 5.74) is 9.04. The van der Waals surface area contributed by atoms with Gasteiger partial charge in [0, 0.05) is 11.1 Å². The largest absolute Gasteiger partial charge is 0.330 e. The smallest absolute Gasteiger partial charge is 0.0926 e. The van der Waals surface area contributed by atoms with Gasteiger partial charge in [0.15, 0.2) is 0 Å². The van der Waals surface area contributed by atoms with Gasteiger partial charge in [-0.25, -0.2) is 0 Å². The first-order chi connectivity index (χ1) is 6.83. The van der Waals surface area contributed by atoms with E-state index in [-0.39, 0.29) is 0 Å². The van der Waals surface area contributed by atoms with Crippen molar-refractivity contribution in [2.45, 2.75) is 19.8 Å². The van der Waals surface area contributed by atoms with Crippen molar-refractivity contribution in [2.24, 2.45) is 5.73 Å². The molecule has 2 rings (SSSR count). The molecular weight excluding hydrogens is 174 g/mol. The van der Waals surface area contributed by atoms with E-state index in [1.54, 1.807) is 0 Å². The Bertz CT molecular complexity index is 431. The van der Waals surface area contributed by atoms with Crippen molar-refractivity contribution < 1.29 is 0 Å². The van der Waals surface area contributed by atoms with Crippen LogP contribution in [0, 0.1) is 6.92 Å². The molecule has 0 bridgehead atoms. The van der Waals surface area contributed by atoms with E-state index in [2.05, 4.69) is 23.2 Å². The van der Waals surface area contributed by atoms with Gasteiger partial charge in [0.25, 0.3) is 0 Å². The molecule has 3 nitrogen and oxygen atoms in total. The Kier molecular flexibility index (Phi) is 2.50. The summed E-state index contributed by atoms with van der Waals surface area (Å²) in [5.74, 6) is 0. The third-order valence-corrected chi connectivity index (χ3v) is 2.49. The van der Waals surface area contributed by atoms with Gasteiger partial charge in [0.05, 0.1) is 5.52 Å². The van der Waals surface area contributed by atoms with E-state index in [1.807, 2.05) is 12.1 Å². The van der Waals surface area contributed by atoms with Crippen LogP contribution in [0.2, 0.25) is 0 Å². The number of aryl methyl sites for hydroxylation is 2. The highest BCUT2D eigenvalue weighted by molar-refractivity contribution is 5.84. The van der Waals surface area contributed by atoms with Crippen LogP contribution < -0.4 is 5.73 Å². The highest BCUT2D eigenvalue weighted by atomic mass is 15.1. The molecule has 0 atom stereocenters. The Balaban J connectivity index is 2.45. The molecule has 2 aromatic rings. The Labute approximate surface area is 83.3 Å². The SMILES string of the molecule is Cc1cccc2n[nH]c(CCCN)c12. The fraction of sp³-hybridized carbons (Fsp3) is 0.364. The number of rotatable bonds is 3. The second-order valence-electron chi connectivity index (χ2n) is 3.56. The molecule has 3 N–H and O–H groups in total. The lowest BCUT2D eigenvalue weighted by molar-refractivity contribution is 0.808. The van der Waals surface area contributed by atoms with Gasteiger partial charge >= 0.3 is 0 Å². The molecule has 1 aromatic carbocycles. The van der Waals surface area contributed by atoms with E-state index in [0.717, 1.165) is 24.9 Å². The monoisotopic (exact) mass is 189 g/mol. The second-order valence-corrected chi connectivity index (χ2v) is 3.56. The van der Waals surface area contributed by atoms with Crippen LogP contribution in [-0.2, 0) is 6.42 Å². The maximum absolute atomic E-state index is 5.49. The Hall–Kier alpha value is -1.35. The number of hydrogen-bond donors (Lipinski definition) is 2. The standard InChI is InChI=1S/C11H15N3/c1-8-4-2-5-9-11(8)10(14-13-9)6-3-7-12/h2,4-5H,3,6-7,12H2,1H3,(H,13,14). The maximum atomic E-state index is 5.49. The number of benzene rings is 1. The molecule has 0 fully saturated rings. The first kappa shape index (κ1) is 9.21. The van der Waals surface area contributed by atoms with Crippen LogP contribution in [0.5, 0.6) is 0 Å². The summed E-state index contributed by atoms with van der Waals surface area (Å²) in [7, 11) is 0. The highest BCUT2D eigenvalue weighted by Gasteiger charge is 2.06. The topological polar surface area (TPSA) is 54.7 Å². The number of nitrogens with two attached hydrogens (primary N) is 1. The van der Waals surface area contributed by atoms with Crippen LogP contribution in [0.15, 0.2) is 18.2 Å². The zero-order valence-corrected chi connectivity index (χ0v) is 8.38. The van der Waals surface area contributed by atoms with Crippen molar-refractivity contribution in [3.8, 4) is 0 Å². The van der Waals surface area contributed by atoms with Crippen molar-refractivity contribution in [3.05, 3.63) is 29.5 Å². The molecule has 0 amide bonds. The van der Waals surface area contributed by atoms with Crippen LogP contribution in [0.4, 0.5) is 0 Å². The highest BCUT2D eigenvalue weighted by Crippen LogP contribution is 2.20. The zero-order chi connectivity index (χ0) is 9.97. The summed E-state index contributed by atoms with van der Waals surface area (Å²) in [6.45, 7) is 2.84. The molecule has 0 saturated heterocycles. The molecule has 1 heterocycles. The zero-order valence-electron chi connectivity index (χ0n) is 8.38. The molecule has 0 aliphatic carbocycles. The first-order valence-electron chi connectivity index (χ1n) is 4.95. The molecule has 0 radical (unpaired) electrons. The predicted octanol–water partition coefficient (Wildman–Crippen LogP) is 1.76. The molecule has 0 aliphatic heterocycles. The predicted molar refractivity (Wildman–Crippen MR) is 58.2 cm³/mol. The normalized spacial score (nSPS) is 11.0. The Morgan fingerprint density at radius 1 is 1.43 bits per heavy atom. The Morgan fingerprint density at radius 3 is 3.07 bits per heavy atom. The summed E-state index contributed by atoms with van der Waals surface area (Å²) >= 11 is 0. The van der Waals surface area contributed by atoms with Gasteiger partial charge in [-0.3, -0.25) is 5.10 Å². The van der Waals surface area contributed by atoms with E-state index in [9.17, 15) is 0 Å². The van der Waals surface area contributed by atoms with Gasteiger partial charge in [-0.15, -0.1) is 0 Å². The molecule has 1 aromatic heterocycles. The first-order valence-corrected chi connectivity index (χ1v) is 4.95. The number of aromatic amines is 1. The lowest BCUT2D eigenvalue weighted by atomic mass is 10.1. The summed E-state index contributed by atoms with van der Waals surface area (Å²) in [5, 5.41) is 8.62. The summed E-state index contributed by atoms with van der Waals surface area (Å²) in [4.78, 5) is 0. The molecule has 0 aliphatic rings. The van der Waals surface area contributed by atoms with Crippen LogP contribution in [0.3, 0.4) is 0 Å². The van der Waals surface area contributed by atoms with Crippen molar-refractivity contribution in [1.29, 1.82) is 0 Å². The number of nitrogens with one attached hydrogen (secondary N) is 1.